The molecule has 2 aliphatic carbocycles. The molecule has 3 aromatic carbocycles. The predicted molar refractivity (Wildman–Crippen MR) is 130 cm³/mol. The molecule has 7 nitrogen and oxygen atoms in total. The van der Waals surface area contributed by atoms with Crippen LogP contribution in [-0.4, -0.2) is 35.2 Å². The lowest BCUT2D eigenvalue weighted by atomic mass is 9.98. The first-order chi connectivity index (χ1) is 16.4. The summed E-state index contributed by atoms with van der Waals surface area (Å²) in [6, 6.07) is 20.5. The summed E-state index contributed by atoms with van der Waals surface area (Å²) in [6.45, 7) is 0.166. The van der Waals surface area contributed by atoms with Crippen LogP contribution in [0.1, 0.15) is 40.2 Å². The van der Waals surface area contributed by atoms with Gasteiger partial charge < -0.3 is 20.5 Å². The van der Waals surface area contributed by atoms with Crippen molar-refractivity contribution < 1.29 is 24.2 Å². The van der Waals surface area contributed by atoms with Crippen LogP contribution >= 0.6 is 15.9 Å². The Bertz CT molecular complexity index is 1270. The van der Waals surface area contributed by atoms with Crippen molar-refractivity contribution in [2.75, 3.05) is 11.9 Å². The lowest BCUT2D eigenvalue weighted by molar-refractivity contribution is -0.119. The number of carboxylic acids is 1. The molecular formula is C26H21BrN2O5. The van der Waals surface area contributed by atoms with E-state index < -0.39 is 17.6 Å². The second kappa shape index (κ2) is 8.61. The summed E-state index contributed by atoms with van der Waals surface area (Å²) in [4.78, 5) is 36.6. The minimum atomic E-state index is -1.06. The van der Waals surface area contributed by atoms with Gasteiger partial charge in [0, 0.05) is 10.4 Å². The van der Waals surface area contributed by atoms with Crippen LogP contribution in [-0.2, 0) is 9.53 Å². The van der Waals surface area contributed by atoms with E-state index in [1.54, 1.807) is 0 Å². The smallest absolute Gasteiger partial charge is 0.408 e. The van der Waals surface area contributed by atoms with Crippen LogP contribution in [0, 0.1) is 0 Å². The third-order valence-electron chi connectivity index (χ3n) is 6.33. The second-order valence-electron chi connectivity index (χ2n) is 8.49. The summed E-state index contributed by atoms with van der Waals surface area (Å²) in [5.74, 6) is -1.50. The van der Waals surface area contributed by atoms with Crippen LogP contribution < -0.4 is 10.6 Å². The molecule has 0 heterocycles. The summed E-state index contributed by atoms with van der Waals surface area (Å²) >= 11 is 3.28. The van der Waals surface area contributed by atoms with Crippen molar-refractivity contribution >= 4 is 39.6 Å². The summed E-state index contributed by atoms with van der Waals surface area (Å²) in [6.07, 6.45) is 0.344. The molecule has 0 spiro atoms. The third kappa shape index (κ3) is 4.05. The van der Waals surface area contributed by atoms with Gasteiger partial charge in [-0.1, -0.05) is 48.5 Å². The Hall–Kier alpha value is -3.65. The maximum Gasteiger partial charge on any atom is 0.408 e. The maximum atomic E-state index is 12.9. The lowest BCUT2D eigenvalue weighted by Gasteiger charge is -2.19. The predicted octanol–water partition coefficient (Wildman–Crippen LogP) is 5.16. The highest BCUT2D eigenvalue weighted by atomic mass is 79.9. The molecule has 2 aliphatic rings. The van der Waals surface area contributed by atoms with Crippen LogP contribution in [0.2, 0.25) is 0 Å². The number of ether oxygens (including phenoxy) is 1. The van der Waals surface area contributed by atoms with Crippen molar-refractivity contribution in [2.45, 2.75) is 24.3 Å². The highest BCUT2D eigenvalue weighted by Crippen LogP contribution is 2.44. The molecule has 1 saturated carbocycles. The minimum Gasteiger partial charge on any atom is -0.478 e. The topological polar surface area (TPSA) is 105 Å². The SMILES string of the molecule is O=C(NC1(C(=O)Nc2ccc(C(=O)O)cc2Br)CC1)OCC1c2ccccc2-c2ccccc21. The van der Waals surface area contributed by atoms with Crippen LogP contribution in [0.15, 0.2) is 71.2 Å². The fourth-order valence-corrected chi connectivity index (χ4v) is 4.83. The summed E-state index contributed by atoms with van der Waals surface area (Å²) < 4.78 is 6.02. The van der Waals surface area contributed by atoms with E-state index in [4.69, 9.17) is 9.84 Å². The molecule has 0 radical (unpaired) electrons. The Balaban J connectivity index is 1.23. The van der Waals surface area contributed by atoms with Crippen LogP contribution in [0.4, 0.5) is 10.5 Å². The van der Waals surface area contributed by atoms with Gasteiger partial charge in [0.2, 0.25) is 5.91 Å². The number of benzene rings is 3. The highest BCUT2D eigenvalue weighted by molar-refractivity contribution is 9.10. The number of aromatic carboxylic acids is 1. The molecule has 34 heavy (non-hydrogen) atoms. The zero-order chi connectivity index (χ0) is 23.9. The van der Waals surface area contributed by atoms with Crippen molar-refractivity contribution in [2.24, 2.45) is 0 Å². The first-order valence-electron chi connectivity index (χ1n) is 10.9. The van der Waals surface area contributed by atoms with E-state index in [9.17, 15) is 14.4 Å². The maximum absolute atomic E-state index is 12.9. The minimum absolute atomic E-state index is 0.0640. The first-order valence-corrected chi connectivity index (χ1v) is 11.6. The number of anilines is 1. The number of fused-ring (bicyclic) bond motifs is 3. The Morgan fingerprint density at radius 2 is 1.59 bits per heavy atom. The Morgan fingerprint density at radius 3 is 2.15 bits per heavy atom. The average molecular weight is 521 g/mol. The molecule has 0 unspecified atom stereocenters. The number of hydrogen-bond acceptors (Lipinski definition) is 4. The molecule has 0 saturated heterocycles. The molecule has 0 aliphatic heterocycles. The van der Waals surface area contributed by atoms with E-state index in [-0.39, 0.29) is 24.0 Å². The number of carbonyl (C=O) groups excluding carboxylic acids is 2. The summed E-state index contributed by atoms with van der Waals surface area (Å²) in [5, 5.41) is 14.6. The van der Waals surface area contributed by atoms with Gasteiger partial charge in [-0.05, 0) is 69.2 Å². The summed E-state index contributed by atoms with van der Waals surface area (Å²) in [7, 11) is 0. The van der Waals surface area contributed by atoms with E-state index in [2.05, 4.69) is 38.7 Å². The fourth-order valence-electron chi connectivity index (χ4n) is 4.36. The zero-order valence-electron chi connectivity index (χ0n) is 18.0. The molecule has 0 atom stereocenters. The standard InChI is InChI=1S/C26H21BrN2O5/c27-21-13-15(23(30)31)9-10-22(21)28-24(32)26(11-12-26)29-25(33)34-14-20-18-7-3-1-5-16(18)17-6-2-4-8-19(17)20/h1-10,13,20H,11-12,14H2,(H,28,32)(H,29,33)(H,30,31). The molecule has 1 fully saturated rings. The van der Waals surface area contributed by atoms with Crippen LogP contribution in [0.5, 0.6) is 0 Å². The van der Waals surface area contributed by atoms with E-state index in [1.807, 2.05) is 36.4 Å². The average Bonchev–Trinajstić information content (AvgIpc) is 3.54. The number of carbonyl (C=O) groups is 3. The van der Waals surface area contributed by atoms with E-state index in [1.165, 1.54) is 18.2 Å². The van der Waals surface area contributed by atoms with Gasteiger partial charge >= 0.3 is 12.1 Å². The zero-order valence-corrected chi connectivity index (χ0v) is 19.6. The normalized spacial score (nSPS) is 15.1. The van der Waals surface area contributed by atoms with Gasteiger partial charge in [0.1, 0.15) is 12.1 Å². The molecule has 3 aromatic rings. The molecular weight excluding hydrogens is 500 g/mol. The lowest BCUT2D eigenvalue weighted by Crippen LogP contribution is -2.46. The molecule has 5 rings (SSSR count). The molecule has 172 valence electrons. The number of halogens is 1. The number of alkyl carbamates (subject to hydrolysis) is 1. The van der Waals surface area contributed by atoms with Crippen molar-refractivity contribution in [3.05, 3.63) is 87.9 Å². The second-order valence-corrected chi connectivity index (χ2v) is 9.34. The molecule has 0 aromatic heterocycles. The largest absolute Gasteiger partial charge is 0.478 e. The van der Waals surface area contributed by atoms with Crippen molar-refractivity contribution in [3.63, 3.8) is 0 Å². The van der Waals surface area contributed by atoms with Crippen LogP contribution in [0.25, 0.3) is 11.1 Å². The van der Waals surface area contributed by atoms with E-state index >= 15 is 0 Å². The Kier molecular flexibility index (Phi) is 5.61. The van der Waals surface area contributed by atoms with Crippen molar-refractivity contribution in [1.29, 1.82) is 0 Å². The van der Waals surface area contributed by atoms with E-state index in [0.29, 0.717) is 23.0 Å². The van der Waals surface area contributed by atoms with Gasteiger partial charge in [-0.2, -0.15) is 0 Å². The first kappa shape index (κ1) is 22.2. The Labute approximate surface area is 204 Å². The fraction of sp³-hybridized carbons (Fsp3) is 0.192. The number of rotatable bonds is 6. The van der Waals surface area contributed by atoms with Gasteiger partial charge in [0.15, 0.2) is 0 Å². The number of nitrogens with one attached hydrogen (secondary N) is 2. The van der Waals surface area contributed by atoms with Crippen molar-refractivity contribution in [1.82, 2.24) is 5.32 Å². The van der Waals surface area contributed by atoms with Gasteiger partial charge in [0.05, 0.1) is 11.3 Å². The molecule has 0 bridgehead atoms. The monoisotopic (exact) mass is 520 g/mol. The highest BCUT2D eigenvalue weighted by Gasteiger charge is 2.52. The summed E-state index contributed by atoms with van der Waals surface area (Å²) in [5.41, 5.74) is 4.01. The number of hydrogen-bond donors (Lipinski definition) is 3. The quantitative estimate of drug-likeness (QED) is 0.416. The number of carboxylic acid groups (broad SMARTS) is 1. The van der Waals surface area contributed by atoms with Gasteiger partial charge in [-0.25, -0.2) is 9.59 Å². The van der Waals surface area contributed by atoms with E-state index in [0.717, 1.165) is 22.3 Å². The van der Waals surface area contributed by atoms with Gasteiger partial charge in [-0.15, -0.1) is 0 Å². The molecule has 2 amide bonds. The third-order valence-corrected chi connectivity index (χ3v) is 6.99. The number of amides is 2. The molecule has 8 heteroatoms. The molecule has 3 N–H and O–H groups in total. The van der Waals surface area contributed by atoms with Gasteiger partial charge in [0.25, 0.3) is 0 Å². The van der Waals surface area contributed by atoms with Gasteiger partial charge in [-0.3, -0.25) is 4.79 Å². The van der Waals surface area contributed by atoms with Crippen LogP contribution in [0.3, 0.4) is 0 Å². The van der Waals surface area contributed by atoms with Crippen molar-refractivity contribution in [3.8, 4) is 11.1 Å². The Morgan fingerprint density at radius 1 is 0.971 bits per heavy atom.